The highest BCUT2D eigenvalue weighted by Gasteiger charge is 2.22. The van der Waals surface area contributed by atoms with Gasteiger partial charge in [-0.2, -0.15) is 0 Å². The normalized spacial score (nSPS) is 14.8. The zero-order valence-corrected chi connectivity index (χ0v) is 15.5. The lowest BCUT2D eigenvalue weighted by Gasteiger charge is -2.17. The van der Waals surface area contributed by atoms with E-state index in [0.717, 1.165) is 28.8 Å². The highest BCUT2D eigenvalue weighted by atomic mass is 32.2. The van der Waals surface area contributed by atoms with Gasteiger partial charge in [-0.25, -0.2) is 8.42 Å². The van der Waals surface area contributed by atoms with E-state index in [1.54, 1.807) is 42.2 Å². The second-order valence-corrected chi connectivity index (χ2v) is 8.15. The van der Waals surface area contributed by atoms with Crippen molar-refractivity contribution < 1.29 is 13.2 Å². The van der Waals surface area contributed by atoms with Crippen LogP contribution in [0.1, 0.15) is 29.5 Å². The van der Waals surface area contributed by atoms with Crippen LogP contribution in [0.5, 0.6) is 0 Å². The maximum atomic E-state index is 12.7. The number of aryl methyl sites for hydroxylation is 3. The van der Waals surface area contributed by atoms with Crippen LogP contribution in [0.2, 0.25) is 0 Å². The predicted molar refractivity (Wildman–Crippen MR) is 99.5 cm³/mol. The van der Waals surface area contributed by atoms with Gasteiger partial charge < -0.3 is 4.90 Å². The second-order valence-electron chi connectivity index (χ2n) is 6.50. The fourth-order valence-electron chi connectivity index (χ4n) is 3.06. The summed E-state index contributed by atoms with van der Waals surface area (Å²) in [5.74, 6) is 0.110. The first-order valence-corrected chi connectivity index (χ1v) is 9.77. The van der Waals surface area contributed by atoms with Crippen molar-refractivity contribution >= 4 is 27.3 Å². The van der Waals surface area contributed by atoms with Crippen molar-refractivity contribution in [2.24, 2.45) is 0 Å². The third-order valence-electron chi connectivity index (χ3n) is 4.59. The van der Waals surface area contributed by atoms with Gasteiger partial charge in [0.15, 0.2) is 0 Å². The minimum absolute atomic E-state index is 0.110. The number of nitrogens with one attached hydrogen (secondary N) is 1. The molecule has 2 aromatic carbocycles. The van der Waals surface area contributed by atoms with Gasteiger partial charge in [-0.05, 0) is 74.2 Å². The van der Waals surface area contributed by atoms with Crippen LogP contribution < -0.4 is 9.62 Å². The van der Waals surface area contributed by atoms with Crippen molar-refractivity contribution in [3.8, 4) is 0 Å². The molecule has 6 heteroatoms. The van der Waals surface area contributed by atoms with Crippen molar-refractivity contribution in [3.63, 3.8) is 0 Å². The number of carbonyl (C=O) groups is 1. The molecule has 3 rings (SSSR count). The largest absolute Gasteiger partial charge is 0.312 e. The van der Waals surface area contributed by atoms with Crippen LogP contribution in [0.3, 0.4) is 0 Å². The molecule has 132 valence electrons. The molecule has 0 aromatic heterocycles. The van der Waals surface area contributed by atoms with Gasteiger partial charge in [0.05, 0.1) is 4.90 Å². The molecule has 1 heterocycles. The number of benzene rings is 2. The zero-order valence-electron chi connectivity index (χ0n) is 14.7. The van der Waals surface area contributed by atoms with Gasteiger partial charge in [0.2, 0.25) is 5.91 Å². The van der Waals surface area contributed by atoms with Crippen LogP contribution in [0.15, 0.2) is 41.3 Å². The maximum absolute atomic E-state index is 12.7. The molecule has 1 N–H and O–H groups in total. The Kier molecular flexibility index (Phi) is 4.56. The molecule has 0 unspecified atom stereocenters. The fraction of sp³-hybridized carbons (Fsp3) is 0.316. The lowest BCUT2D eigenvalue weighted by molar-refractivity contribution is -0.117. The number of sulfonamides is 1. The quantitative estimate of drug-likeness (QED) is 0.909. The monoisotopic (exact) mass is 358 g/mol. The maximum Gasteiger partial charge on any atom is 0.262 e. The lowest BCUT2D eigenvalue weighted by atomic mass is 10.1. The van der Waals surface area contributed by atoms with Crippen LogP contribution in [0, 0.1) is 20.8 Å². The summed E-state index contributed by atoms with van der Waals surface area (Å²) in [4.78, 5) is 13.8. The summed E-state index contributed by atoms with van der Waals surface area (Å²) in [5, 5.41) is 0. The molecule has 0 atom stereocenters. The van der Waals surface area contributed by atoms with E-state index in [0.29, 0.717) is 18.7 Å². The number of rotatable bonds is 4. The molecule has 5 nitrogen and oxygen atoms in total. The van der Waals surface area contributed by atoms with Gasteiger partial charge in [-0.1, -0.05) is 6.07 Å². The van der Waals surface area contributed by atoms with Crippen molar-refractivity contribution in [2.45, 2.75) is 38.5 Å². The van der Waals surface area contributed by atoms with Crippen molar-refractivity contribution in [1.82, 2.24) is 0 Å². The summed E-state index contributed by atoms with van der Waals surface area (Å²) in [6, 6.07) is 10.5. The van der Waals surface area contributed by atoms with Gasteiger partial charge in [0.25, 0.3) is 10.0 Å². The molecule has 0 bridgehead atoms. The summed E-state index contributed by atoms with van der Waals surface area (Å²) in [5.41, 5.74) is 4.00. The standard InChI is InChI=1S/C19H22N2O3S/c1-13-11-15(3)18(12-14(13)2)25(23,24)20-16-6-8-17(9-7-16)21-10-4-5-19(21)22/h6-9,11-12,20H,4-5,10H2,1-3H3. The first-order chi connectivity index (χ1) is 11.8. The number of hydrogen-bond donors (Lipinski definition) is 1. The third-order valence-corrected chi connectivity index (χ3v) is 6.11. The van der Waals surface area contributed by atoms with E-state index in [4.69, 9.17) is 0 Å². The highest BCUT2D eigenvalue weighted by molar-refractivity contribution is 7.92. The molecule has 0 saturated carbocycles. The third kappa shape index (κ3) is 3.54. The average molecular weight is 358 g/mol. The number of hydrogen-bond acceptors (Lipinski definition) is 3. The smallest absolute Gasteiger partial charge is 0.262 e. The zero-order chi connectivity index (χ0) is 18.2. The fourth-order valence-corrected chi connectivity index (χ4v) is 4.44. The second kappa shape index (κ2) is 6.52. The molecular weight excluding hydrogens is 336 g/mol. The van der Waals surface area contributed by atoms with Gasteiger partial charge in [0.1, 0.15) is 0 Å². The van der Waals surface area contributed by atoms with E-state index in [1.807, 2.05) is 19.9 Å². The molecular formula is C19H22N2O3S. The first-order valence-electron chi connectivity index (χ1n) is 8.29. The summed E-state index contributed by atoms with van der Waals surface area (Å²) >= 11 is 0. The minimum atomic E-state index is -3.66. The van der Waals surface area contributed by atoms with Crippen LogP contribution in [-0.2, 0) is 14.8 Å². The van der Waals surface area contributed by atoms with Gasteiger partial charge in [-0.3, -0.25) is 9.52 Å². The van der Waals surface area contributed by atoms with E-state index < -0.39 is 10.0 Å². The molecule has 0 spiro atoms. The molecule has 1 amide bonds. The lowest BCUT2D eigenvalue weighted by Crippen LogP contribution is -2.23. The molecule has 0 radical (unpaired) electrons. The van der Waals surface area contributed by atoms with Crippen molar-refractivity contribution in [2.75, 3.05) is 16.2 Å². The molecule has 1 saturated heterocycles. The Morgan fingerprint density at radius 3 is 2.20 bits per heavy atom. The van der Waals surface area contributed by atoms with Crippen LogP contribution in [0.4, 0.5) is 11.4 Å². The van der Waals surface area contributed by atoms with Crippen molar-refractivity contribution in [1.29, 1.82) is 0 Å². The van der Waals surface area contributed by atoms with E-state index in [-0.39, 0.29) is 10.8 Å². The first kappa shape index (κ1) is 17.5. The summed E-state index contributed by atoms with van der Waals surface area (Å²) in [6.45, 7) is 6.37. The Labute approximate surface area is 148 Å². The van der Waals surface area contributed by atoms with Crippen molar-refractivity contribution in [3.05, 3.63) is 53.1 Å². The van der Waals surface area contributed by atoms with Crippen LogP contribution >= 0.6 is 0 Å². The van der Waals surface area contributed by atoms with E-state index in [2.05, 4.69) is 4.72 Å². The molecule has 0 aliphatic carbocycles. The number of anilines is 2. The topological polar surface area (TPSA) is 66.5 Å². The minimum Gasteiger partial charge on any atom is -0.312 e. The number of amides is 1. The SMILES string of the molecule is Cc1cc(C)c(S(=O)(=O)Nc2ccc(N3CCCC3=O)cc2)cc1C. The average Bonchev–Trinajstić information content (AvgIpc) is 2.97. The van der Waals surface area contributed by atoms with Gasteiger partial charge in [0, 0.05) is 24.3 Å². The van der Waals surface area contributed by atoms with Crippen LogP contribution in [0.25, 0.3) is 0 Å². The Balaban J connectivity index is 1.84. The van der Waals surface area contributed by atoms with Gasteiger partial charge >= 0.3 is 0 Å². The molecule has 25 heavy (non-hydrogen) atoms. The molecule has 1 aliphatic heterocycles. The summed E-state index contributed by atoms with van der Waals surface area (Å²) in [6.07, 6.45) is 1.43. The molecule has 1 fully saturated rings. The Morgan fingerprint density at radius 1 is 0.960 bits per heavy atom. The number of nitrogens with zero attached hydrogens (tertiary/aromatic N) is 1. The summed E-state index contributed by atoms with van der Waals surface area (Å²) in [7, 11) is -3.66. The van der Waals surface area contributed by atoms with E-state index >= 15 is 0 Å². The van der Waals surface area contributed by atoms with Gasteiger partial charge in [-0.15, -0.1) is 0 Å². The Bertz CT molecular complexity index is 918. The van der Waals surface area contributed by atoms with E-state index in [9.17, 15) is 13.2 Å². The molecule has 2 aromatic rings. The summed E-state index contributed by atoms with van der Waals surface area (Å²) < 4.78 is 28.0. The Hall–Kier alpha value is -2.34. The highest BCUT2D eigenvalue weighted by Crippen LogP contribution is 2.26. The predicted octanol–water partition coefficient (Wildman–Crippen LogP) is 3.54. The Morgan fingerprint density at radius 2 is 1.60 bits per heavy atom. The van der Waals surface area contributed by atoms with Crippen LogP contribution in [-0.4, -0.2) is 20.9 Å². The molecule has 1 aliphatic rings. The van der Waals surface area contributed by atoms with E-state index in [1.165, 1.54) is 0 Å². The number of carbonyl (C=O) groups excluding carboxylic acids is 1.